The second-order valence-corrected chi connectivity index (χ2v) is 3.08. The molecule has 0 bridgehead atoms. The highest BCUT2D eigenvalue weighted by atomic mass is 35.5. The highest BCUT2D eigenvalue weighted by Gasteiger charge is 2.37. The minimum absolute atomic E-state index is 0. The molecule has 1 aliphatic carbocycles. The second kappa shape index (κ2) is 3.93. The van der Waals surface area contributed by atoms with Crippen LogP contribution < -0.4 is 0 Å². The van der Waals surface area contributed by atoms with Gasteiger partial charge in [0.1, 0.15) is 6.04 Å². The van der Waals surface area contributed by atoms with Crippen molar-refractivity contribution in [3.63, 3.8) is 0 Å². The van der Waals surface area contributed by atoms with Gasteiger partial charge in [-0.3, -0.25) is 9.69 Å². The molecule has 1 N–H and O–H groups in total. The Morgan fingerprint density at radius 3 is 2.09 bits per heavy atom. The Kier molecular flexibility index (Phi) is 3.83. The average Bonchev–Trinajstić information content (AvgIpc) is 2.46. The molecule has 1 aliphatic rings. The summed E-state index contributed by atoms with van der Waals surface area (Å²) in [6, 6.07) is -0.250. The van der Waals surface area contributed by atoms with Crippen molar-refractivity contribution in [3.8, 4) is 0 Å². The van der Waals surface area contributed by atoms with Gasteiger partial charge in [0.05, 0.1) is 0 Å². The molecule has 0 heterocycles. The molecule has 0 amide bonds. The number of halogens is 1. The van der Waals surface area contributed by atoms with Crippen LogP contribution in [-0.4, -0.2) is 36.1 Å². The predicted octanol–water partition coefficient (Wildman–Crippen LogP) is 0.833. The second-order valence-electron chi connectivity index (χ2n) is 3.08. The number of hydrogen-bond donors (Lipinski definition) is 1. The number of rotatable bonds is 3. The van der Waals surface area contributed by atoms with Crippen LogP contribution in [0.25, 0.3) is 0 Å². The fraction of sp³-hybridized carbons (Fsp3) is 0.857. The molecule has 66 valence electrons. The van der Waals surface area contributed by atoms with Gasteiger partial charge in [-0.15, -0.1) is 12.4 Å². The molecule has 0 aromatic rings. The molecule has 0 aliphatic heterocycles. The molecule has 0 aromatic heterocycles. The van der Waals surface area contributed by atoms with Crippen LogP contribution in [0.4, 0.5) is 0 Å². The van der Waals surface area contributed by atoms with Gasteiger partial charge in [0.2, 0.25) is 0 Å². The summed E-state index contributed by atoms with van der Waals surface area (Å²) in [5.74, 6) is -0.278. The van der Waals surface area contributed by atoms with E-state index in [9.17, 15) is 4.79 Å². The summed E-state index contributed by atoms with van der Waals surface area (Å²) in [6.07, 6.45) is 2.16. The Hall–Kier alpha value is -0.280. The topological polar surface area (TPSA) is 40.5 Å². The van der Waals surface area contributed by atoms with Gasteiger partial charge in [0, 0.05) is 0 Å². The summed E-state index contributed by atoms with van der Waals surface area (Å²) < 4.78 is 0. The number of aliphatic carboxylic acids is 1. The SMILES string of the molecule is CN(C)C(C(=O)O)C1CC1.Cl. The zero-order valence-electron chi connectivity index (χ0n) is 6.78. The Labute approximate surface area is 72.8 Å². The molecule has 4 heteroatoms. The van der Waals surface area contributed by atoms with E-state index in [1.54, 1.807) is 4.90 Å². The Morgan fingerprint density at radius 1 is 1.55 bits per heavy atom. The quantitative estimate of drug-likeness (QED) is 0.698. The van der Waals surface area contributed by atoms with Crippen molar-refractivity contribution in [2.75, 3.05) is 14.1 Å². The summed E-state index contributed by atoms with van der Waals surface area (Å²) in [4.78, 5) is 12.4. The maximum atomic E-state index is 10.6. The van der Waals surface area contributed by atoms with Crippen molar-refractivity contribution >= 4 is 18.4 Å². The summed E-state index contributed by atoms with van der Waals surface area (Å²) in [7, 11) is 3.63. The molecule has 1 fully saturated rings. The number of carboxylic acids is 1. The van der Waals surface area contributed by atoms with Crippen LogP contribution in [0.1, 0.15) is 12.8 Å². The van der Waals surface area contributed by atoms with Gasteiger partial charge < -0.3 is 5.11 Å². The van der Waals surface area contributed by atoms with Crippen LogP contribution >= 0.6 is 12.4 Å². The first-order valence-electron chi connectivity index (χ1n) is 3.52. The smallest absolute Gasteiger partial charge is 0.321 e. The van der Waals surface area contributed by atoms with Crippen molar-refractivity contribution in [1.29, 1.82) is 0 Å². The van der Waals surface area contributed by atoms with Gasteiger partial charge >= 0.3 is 5.97 Å². The van der Waals surface area contributed by atoms with E-state index < -0.39 is 5.97 Å². The van der Waals surface area contributed by atoms with Gasteiger partial charge in [-0.2, -0.15) is 0 Å². The van der Waals surface area contributed by atoms with Gasteiger partial charge in [0.15, 0.2) is 0 Å². The molecule has 1 atom stereocenters. The Morgan fingerprint density at radius 2 is 2.00 bits per heavy atom. The molecular weight excluding hydrogens is 166 g/mol. The Bertz CT molecular complexity index is 143. The molecule has 3 nitrogen and oxygen atoms in total. The molecule has 0 spiro atoms. The summed E-state index contributed by atoms with van der Waals surface area (Å²) in [6.45, 7) is 0. The van der Waals surface area contributed by atoms with Crippen LogP contribution in [0.3, 0.4) is 0 Å². The van der Waals surface area contributed by atoms with Crippen LogP contribution in [0, 0.1) is 5.92 Å². The third kappa shape index (κ3) is 2.67. The van der Waals surface area contributed by atoms with E-state index in [1.807, 2.05) is 14.1 Å². The van der Waals surface area contributed by atoms with Crippen molar-refractivity contribution < 1.29 is 9.90 Å². The summed E-state index contributed by atoms with van der Waals surface area (Å²) in [5.41, 5.74) is 0. The lowest BCUT2D eigenvalue weighted by Gasteiger charge is -2.18. The van der Waals surface area contributed by atoms with E-state index in [4.69, 9.17) is 5.11 Å². The van der Waals surface area contributed by atoms with Gasteiger partial charge in [-0.05, 0) is 32.9 Å². The van der Waals surface area contributed by atoms with Crippen molar-refractivity contribution in [3.05, 3.63) is 0 Å². The van der Waals surface area contributed by atoms with Crippen molar-refractivity contribution in [1.82, 2.24) is 4.90 Å². The molecule has 0 aromatic carbocycles. The van der Waals surface area contributed by atoms with Gasteiger partial charge in [-0.1, -0.05) is 0 Å². The van der Waals surface area contributed by atoms with Crippen LogP contribution in [-0.2, 0) is 4.79 Å². The third-order valence-corrected chi connectivity index (χ3v) is 1.88. The van der Waals surface area contributed by atoms with E-state index in [0.717, 1.165) is 12.8 Å². The molecular formula is C7H14ClNO2. The minimum atomic E-state index is -0.687. The van der Waals surface area contributed by atoms with Crippen molar-refractivity contribution in [2.24, 2.45) is 5.92 Å². The number of carboxylic acid groups (broad SMARTS) is 1. The lowest BCUT2D eigenvalue weighted by Crippen LogP contribution is -2.37. The third-order valence-electron chi connectivity index (χ3n) is 1.88. The zero-order valence-corrected chi connectivity index (χ0v) is 7.60. The zero-order chi connectivity index (χ0) is 7.72. The number of carbonyl (C=O) groups is 1. The highest BCUT2D eigenvalue weighted by Crippen LogP contribution is 2.34. The van der Waals surface area contributed by atoms with E-state index >= 15 is 0 Å². The van der Waals surface area contributed by atoms with Gasteiger partial charge in [-0.25, -0.2) is 0 Å². The largest absolute Gasteiger partial charge is 0.480 e. The highest BCUT2D eigenvalue weighted by molar-refractivity contribution is 5.85. The number of hydrogen-bond acceptors (Lipinski definition) is 2. The molecule has 1 rings (SSSR count). The molecule has 1 saturated carbocycles. The molecule has 11 heavy (non-hydrogen) atoms. The molecule has 0 saturated heterocycles. The lowest BCUT2D eigenvalue weighted by molar-refractivity contribution is -0.143. The number of nitrogens with zero attached hydrogens (tertiary/aromatic N) is 1. The first-order valence-corrected chi connectivity index (χ1v) is 3.52. The van der Waals surface area contributed by atoms with E-state index in [1.165, 1.54) is 0 Å². The van der Waals surface area contributed by atoms with Gasteiger partial charge in [0.25, 0.3) is 0 Å². The summed E-state index contributed by atoms with van der Waals surface area (Å²) >= 11 is 0. The first-order chi connectivity index (χ1) is 4.63. The normalized spacial score (nSPS) is 19.2. The monoisotopic (exact) mass is 179 g/mol. The fourth-order valence-corrected chi connectivity index (χ4v) is 1.26. The predicted molar refractivity (Wildman–Crippen MR) is 45.1 cm³/mol. The van der Waals surface area contributed by atoms with E-state index in [-0.39, 0.29) is 18.4 Å². The number of likely N-dealkylation sites (N-methyl/N-ethyl adjacent to an activating group) is 1. The van der Waals surface area contributed by atoms with Crippen LogP contribution in [0.2, 0.25) is 0 Å². The maximum absolute atomic E-state index is 10.6. The minimum Gasteiger partial charge on any atom is -0.480 e. The first kappa shape index (κ1) is 10.7. The summed E-state index contributed by atoms with van der Waals surface area (Å²) in [5, 5.41) is 8.71. The van der Waals surface area contributed by atoms with E-state index in [0.29, 0.717) is 5.92 Å². The molecule has 1 unspecified atom stereocenters. The van der Waals surface area contributed by atoms with Crippen LogP contribution in [0.15, 0.2) is 0 Å². The Balaban J connectivity index is 0.000001000. The fourth-order valence-electron chi connectivity index (χ4n) is 1.26. The van der Waals surface area contributed by atoms with Crippen molar-refractivity contribution in [2.45, 2.75) is 18.9 Å². The van der Waals surface area contributed by atoms with Crippen LogP contribution in [0.5, 0.6) is 0 Å². The standard InChI is InChI=1S/C7H13NO2.ClH/c1-8(2)6(7(9)10)5-3-4-5;/h5-6H,3-4H2,1-2H3,(H,9,10);1H. The lowest BCUT2D eigenvalue weighted by atomic mass is 10.2. The van der Waals surface area contributed by atoms with E-state index in [2.05, 4.69) is 0 Å². The maximum Gasteiger partial charge on any atom is 0.321 e. The molecule has 0 radical (unpaired) electrons. The average molecular weight is 180 g/mol.